The van der Waals surface area contributed by atoms with E-state index < -0.39 is 0 Å². The van der Waals surface area contributed by atoms with E-state index in [1.54, 1.807) is 36.4 Å². The van der Waals surface area contributed by atoms with E-state index in [1.165, 1.54) is 11.8 Å². The van der Waals surface area contributed by atoms with E-state index in [0.29, 0.717) is 50.5 Å². The number of carbonyl (C=O) groups excluding carboxylic acids is 1. The Labute approximate surface area is 184 Å². The summed E-state index contributed by atoms with van der Waals surface area (Å²) in [6.45, 7) is 4.93. The molecule has 0 aliphatic carbocycles. The Morgan fingerprint density at radius 2 is 1.90 bits per heavy atom. The van der Waals surface area contributed by atoms with E-state index >= 15 is 0 Å². The topological polar surface area (TPSA) is 59.9 Å². The number of thioether (sulfide) groups is 1. The van der Waals surface area contributed by atoms with Crippen molar-refractivity contribution in [2.75, 3.05) is 13.2 Å². The lowest BCUT2D eigenvalue weighted by atomic mass is 10.2. The SMILES string of the molecule is CCCOc1c(Cl)cc(/C=C2\SC(=Nc3ccc(Cl)cc3)NC2=O)cc1OCC. The van der Waals surface area contributed by atoms with Gasteiger partial charge in [-0.15, -0.1) is 0 Å². The first kappa shape index (κ1) is 21.6. The molecule has 1 amide bonds. The molecular weight excluding hydrogens is 431 g/mol. The minimum absolute atomic E-state index is 0.219. The van der Waals surface area contributed by atoms with Crippen molar-refractivity contribution in [3.63, 3.8) is 0 Å². The van der Waals surface area contributed by atoms with Crippen LogP contribution in [-0.2, 0) is 4.79 Å². The van der Waals surface area contributed by atoms with Crippen LogP contribution in [0.3, 0.4) is 0 Å². The average Bonchev–Trinajstić information content (AvgIpc) is 3.02. The van der Waals surface area contributed by atoms with Gasteiger partial charge in [0, 0.05) is 5.02 Å². The van der Waals surface area contributed by atoms with Gasteiger partial charge in [-0.05, 0) is 73.1 Å². The zero-order chi connectivity index (χ0) is 20.8. The number of aliphatic imine (C=N–C) groups is 1. The number of nitrogens with zero attached hydrogens (tertiary/aromatic N) is 1. The standard InChI is InChI=1S/C21H20Cl2N2O3S/c1-3-9-28-19-16(23)10-13(11-17(19)27-4-2)12-18-20(26)25-21(29-18)24-15-7-5-14(22)6-8-15/h5-8,10-12H,3-4,9H2,1-2H3,(H,24,25,26)/b18-12-. The van der Waals surface area contributed by atoms with Gasteiger partial charge in [0.15, 0.2) is 16.7 Å². The van der Waals surface area contributed by atoms with Gasteiger partial charge in [-0.2, -0.15) is 0 Å². The third-order valence-corrected chi connectivity index (χ3v) is 5.23. The van der Waals surface area contributed by atoms with E-state index in [-0.39, 0.29) is 5.91 Å². The quantitative estimate of drug-likeness (QED) is 0.519. The molecule has 1 aliphatic rings. The molecule has 0 atom stereocenters. The van der Waals surface area contributed by atoms with Crippen molar-refractivity contribution in [3.8, 4) is 11.5 Å². The second kappa shape index (κ2) is 10.1. The molecule has 0 radical (unpaired) electrons. The van der Waals surface area contributed by atoms with Crippen molar-refractivity contribution in [2.45, 2.75) is 20.3 Å². The molecule has 5 nitrogen and oxygen atoms in total. The summed E-state index contributed by atoms with van der Waals surface area (Å²) in [6.07, 6.45) is 2.61. The molecule has 152 valence electrons. The van der Waals surface area contributed by atoms with Gasteiger partial charge in [0.05, 0.1) is 28.8 Å². The van der Waals surface area contributed by atoms with Crippen molar-refractivity contribution in [1.82, 2.24) is 5.32 Å². The molecule has 2 aromatic carbocycles. The zero-order valence-corrected chi connectivity index (χ0v) is 18.3. The molecule has 1 fully saturated rings. The second-order valence-corrected chi connectivity index (χ2v) is 7.94. The van der Waals surface area contributed by atoms with Crippen LogP contribution in [0.1, 0.15) is 25.8 Å². The lowest BCUT2D eigenvalue weighted by Gasteiger charge is -2.14. The number of hydrogen-bond donors (Lipinski definition) is 1. The largest absolute Gasteiger partial charge is 0.490 e. The lowest BCUT2D eigenvalue weighted by Crippen LogP contribution is -2.19. The van der Waals surface area contributed by atoms with Crippen LogP contribution in [0.4, 0.5) is 5.69 Å². The van der Waals surface area contributed by atoms with Crippen molar-refractivity contribution in [3.05, 3.63) is 56.9 Å². The van der Waals surface area contributed by atoms with Gasteiger partial charge in [0.1, 0.15) is 0 Å². The maximum absolute atomic E-state index is 12.3. The average molecular weight is 451 g/mol. The van der Waals surface area contributed by atoms with Gasteiger partial charge >= 0.3 is 0 Å². The first-order valence-corrected chi connectivity index (χ1v) is 10.7. The van der Waals surface area contributed by atoms with Crippen LogP contribution >= 0.6 is 35.0 Å². The van der Waals surface area contributed by atoms with E-state index in [2.05, 4.69) is 10.3 Å². The Morgan fingerprint density at radius 1 is 1.14 bits per heavy atom. The van der Waals surface area contributed by atoms with Crippen molar-refractivity contribution >= 4 is 57.8 Å². The Morgan fingerprint density at radius 3 is 2.59 bits per heavy atom. The minimum atomic E-state index is -0.219. The van der Waals surface area contributed by atoms with E-state index in [9.17, 15) is 4.79 Å². The van der Waals surface area contributed by atoms with Crippen LogP contribution in [0.2, 0.25) is 10.0 Å². The van der Waals surface area contributed by atoms with Crippen molar-refractivity contribution < 1.29 is 14.3 Å². The highest BCUT2D eigenvalue weighted by Gasteiger charge is 2.24. The smallest absolute Gasteiger partial charge is 0.264 e. The fraction of sp³-hybridized carbons (Fsp3) is 0.238. The molecule has 2 aromatic rings. The predicted molar refractivity (Wildman–Crippen MR) is 121 cm³/mol. The van der Waals surface area contributed by atoms with Crippen LogP contribution < -0.4 is 14.8 Å². The molecule has 8 heteroatoms. The Balaban J connectivity index is 1.85. The highest BCUT2D eigenvalue weighted by atomic mass is 35.5. The maximum atomic E-state index is 12.3. The summed E-state index contributed by atoms with van der Waals surface area (Å²) < 4.78 is 11.4. The number of amides is 1. The summed E-state index contributed by atoms with van der Waals surface area (Å²) in [4.78, 5) is 17.3. The van der Waals surface area contributed by atoms with E-state index in [4.69, 9.17) is 32.7 Å². The number of amidine groups is 1. The molecular formula is C21H20Cl2N2O3S. The highest BCUT2D eigenvalue weighted by molar-refractivity contribution is 8.18. The zero-order valence-electron chi connectivity index (χ0n) is 16.0. The highest BCUT2D eigenvalue weighted by Crippen LogP contribution is 2.38. The molecule has 29 heavy (non-hydrogen) atoms. The summed E-state index contributed by atoms with van der Waals surface area (Å²) in [7, 11) is 0. The monoisotopic (exact) mass is 450 g/mol. The van der Waals surface area contributed by atoms with Gasteiger partial charge in [-0.3, -0.25) is 4.79 Å². The molecule has 1 saturated heterocycles. The molecule has 3 rings (SSSR count). The fourth-order valence-electron chi connectivity index (χ4n) is 2.54. The number of halogens is 2. The van der Waals surface area contributed by atoms with E-state index in [0.717, 1.165) is 12.0 Å². The van der Waals surface area contributed by atoms with E-state index in [1.807, 2.05) is 19.9 Å². The second-order valence-electron chi connectivity index (χ2n) is 6.07. The third-order valence-electron chi connectivity index (χ3n) is 3.79. The lowest BCUT2D eigenvalue weighted by molar-refractivity contribution is -0.115. The maximum Gasteiger partial charge on any atom is 0.264 e. The van der Waals surface area contributed by atoms with Crippen LogP contribution in [0.5, 0.6) is 11.5 Å². The molecule has 0 bridgehead atoms. The molecule has 0 saturated carbocycles. The molecule has 1 heterocycles. The first-order chi connectivity index (χ1) is 14.0. The minimum Gasteiger partial charge on any atom is -0.490 e. The van der Waals surface area contributed by atoms with Crippen LogP contribution in [0.15, 0.2) is 46.3 Å². The predicted octanol–water partition coefficient (Wildman–Crippen LogP) is 6.07. The number of ether oxygens (including phenoxy) is 2. The normalized spacial score (nSPS) is 16.3. The number of carbonyl (C=O) groups is 1. The Bertz CT molecular complexity index is 959. The number of rotatable bonds is 7. The number of hydrogen-bond acceptors (Lipinski definition) is 5. The summed E-state index contributed by atoms with van der Waals surface area (Å²) in [5.41, 5.74) is 1.45. The Hall–Kier alpha value is -2.15. The van der Waals surface area contributed by atoms with Gasteiger partial charge in [0.2, 0.25) is 0 Å². The van der Waals surface area contributed by atoms with Crippen LogP contribution in [0.25, 0.3) is 6.08 Å². The Kier molecular flexibility index (Phi) is 7.47. The van der Waals surface area contributed by atoms with Crippen LogP contribution in [-0.4, -0.2) is 24.3 Å². The summed E-state index contributed by atoms with van der Waals surface area (Å²) in [6, 6.07) is 10.6. The summed E-state index contributed by atoms with van der Waals surface area (Å²) >= 11 is 13.5. The summed E-state index contributed by atoms with van der Waals surface area (Å²) in [5, 5.41) is 4.34. The molecule has 0 spiro atoms. The summed E-state index contributed by atoms with van der Waals surface area (Å²) in [5.74, 6) is 0.855. The van der Waals surface area contributed by atoms with Gasteiger partial charge in [0.25, 0.3) is 5.91 Å². The molecule has 1 N–H and O–H groups in total. The number of benzene rings is 2. The van der Waals surface area contributed by atoms with Crippen molar-refractivity contribution in [1.29, 1.82) is 0 Å². The van der Waals surface area contributed by atoms with Crippen molar-refractivity contribution in [2.24, 2.45) is 4.99 Å². The first-order valence-electron chi connectivity index (χ1n) is 9.14. The molecule has 1 aliphatic heterocycles. The molecule has 0 unspecified atom stereocenters. The molecule has 0 aromatic heterocycles. The fourth-order valence-corrected chi connectivity index (χ4v) is 3.78. The van der Waals surface area contributed by atoms with Crippen LogP contribution in [0, 0.1) is 0 Å². The number of nitrogens with one attached hydrogen (secondary N) is 1. The van der Waals surface area contributed by atoms with Gasteiger partial charge < -0.3 is 14.8 Å². The van der Waals surface area contributed by atoms with Gasteiger partial charge in [-0.25, -0.2) is 4.99 Å². The third kappa shape index (κ3) is 5.69. The van der Waals surface area contributed by atoms with Gasteiger partial charge in [-0.1, -0.05) is 30.1 Å².